The lowest BCUT2D eigenvalue weighted by atomic mass is 10.0. The third-order valence-electron chi connectivity index (χ3n) is 5.14. The van der Waals surface area contributed by atoms with E-state index in [1.807, 2.05) is 85.6 Å². The van der Waals surface area contributed by atoms with Gasteiger partial charge in [0.25, 0.3) is 0 Å². The topological polar surface area (TPSA) is 54.5 Å². The molecular weight excluding hydrogens is 406 g/mol. The number of hydrogen-bond donors (Lipinski definition) is 1. The minimum atomic E-state index is -0.474. The molecule has 1 amide bonds. The van der Waals surface area contributed by atoms with Gasteiger partial charge in [-0.1, -0.05) is 48.5 Å². The summed E-state index contributed by atoms with van der Waals surface area (Å²) in [6.45, 7) is 2.56. The number of carbonyl (C=O) groups excluding carboxylic acids is 1. The smallest absolute Gasteiger partial charge is 0.246 e. The average Bonchev–Trinajstić information content (AvgIpc) is 3.17. The molecular formula is C25H25N3O2S. The minimum absolute atomic E-state index is 0.112. The average molecular weight is 432 g/mol. The Bertz CT molecular complexity index is 1160. The van der Waals surface area contributed by atoms with Crippen molar-refractivity contribution in [2.45, 2.75) is 19.5 Å². The molecule has 5 nitrogen and oxygen atoms in total. The van der Waals surface area contributed by atoms with E-state index in [1.54, 1.807) is 18.4 Å². The zero-order chi connectivity index (χ0) is 21.8. The molecule has 1 unspecified atom stereocenters. The molecule has 0 aliphatic heterocycles. The Labute approximate surface area is 186 Å². The first-order chi connectivity index (χ1) is 15.0. The lowest BCUT2D eigenvalue weighted by molar-refractivity contribution is -0.121. The summed E-state index contributed by atoms with van der Waals surface area (Å²) in [5, 5.41) is 4.05. The molecule has 6 heteroatoms. The van der Waals surface area contributed by atoms with Crippen LogP contribution in [0.4, 0.5) is 5.69 Å². The van der Waals surface area contributed by atoms with E-state index in [0.29, 0.717) is 18.0 Å². The van der Waals surface area contributed by atoms with E-state index >= 15 is 0 Å². The van der Waals surface area contributed by atoms with Crippen molar-refractivity contribution in [3.63, 3.8) is 0 Å². The van der Waals surface area contributed by atoms with E-state index < -0.39 is 6.04 Å². The summed E-state index contributed by atoms with van der Waals surface area (Å²) in [6.07, 6.45) is 0. The second-order valence-electron chi connectivity index (χ2n) is 7.50. The number of carbonyl (C=O) groups is 1. The number of thiazole rings is 1. The maximum atomic E-state index is 13.5. The Hall–Kier alpha value is -3.22. The van der Waals surface area contributed by atoms with Crippen LogP contribution in [0.15, 0.2) is 72.8 Å². The quantitative estimate of drug-likeness (QED) is 0.424. The van der Waals surface area contributed by atoms with E-state index in [2.05, 4.69) is 11.4 Å². The first kappa shape index (κ1) is 21.0. The van der Waals surface area contributed by atoms with E-state index in [0.717, 1.165) is 26.4 Å². The van der Waals surface area contributed by atoms with E-state index in [4.69, 9.17) is 9.72 Å². The van der Waals surface area contributed by atoms with Gasteiger partial charge in [-0.05, 0) is 49.4 Å². The number of benzene rings is 3. The highest BCUT2D eigenvalue weighted by atomic mass is 32.1. The highest BCUT2D eigenvalue weighted by molar-refractivity contribution is 7.18. The normalized spacial score (nSPS) is 12.1. The summed E-state index contributed by atoms with van der Waals surface area (Å²) >= 11 is 1.66. The molecule has 31 heavy (non-hydrogen) atoms. The largest absolute Gasteiger partial charge is 0.495 e. The van der Waals surface area contributed by atoms with Crippen LogP contribution in [0.5, 0.6) is 5.75 Å². The van der Waals surface area contributed by atoms with Gasteiger partial charge in [0, 0.05) is 0 Å². The summed E-state index contributed by atoms with van der Waals surface area (Å²) in [7, 11) is 3.56. The summed E-state index contributed by atoms with van der Waals surface area (Å²) in [6, 6.07) is 23.2. The standard InChI is InChI=1S/C25H25N3O2S/c1-17-13-14-21(30-3)20(15-17)27-25(29)24(18-9-5-4-6-10-18)28(2)16-23-26-19-11-7-8-12-22(19)31-23/h4-15,24H,16H2,1-3H3,(H,27,29). The molecule has 1 heterocycles. The van der Waals surface area contributed by atoms with Crippen molar-refractivity contribution >= 4 is 33.1 Å². The third kappa shape index (κ3) is 4.76. The van der Waals surface area contributed by atoms with Crippen molar-refractivity contribution in [2.75, 3.05) is 19.5 Å². The van der Waals surface area contributed by atoms with Crippen LogP contribution in [0.3, 0.4) is 0 Å². The number of hydrogen-bond acceptors (Lipinski definition) is 5. The lowest BCUT2D eigenvalue weighted by Gasteiger charge is -2.27. The van der Waals surface area contributed by atoms with Gasteiger partial charge in [-0.2, -0.15) is 0 Å². The number of para-hydroxylation sites is 1. The number of aryl methyl sites for hydroxylation is 1. The molecule has 0 bridgehead atoms. The van der Waals surface area contributed by atoms with Crippen LogP contribution < -0.4 is 10.1 Å². The highest BCUT2D eigenvalue weighted by Gasteiger charge is 2.27. The van der Waals surface area contributed by atoms with Gasteiger partial charge in [0.05, 0.1) is 29.6 Å². The second-order valence-corrected chi connectivity index (χ2v) is 8.61. The monoisotopic (exact) mass is 431 g/mol. The molecule has 0 saturated heterocycles. The van der Waals surface area contributed by atoms with E-state index in [1.165, 1.54) is 0 Å². The van der Waals surface area contributed by atoms with Gasteiger partial charge in [0.15, 0.2) is 0 Å². The van der Waals surface area contributed by atoms with Crippen molar-refractivity contribution in [3.8, 4) is 5.75 Å². The summed E-state index contributed by atoms with van der Waals surface area (Å²) in [4.78, 5) is 20.2. The molecule has 158 valence electrons. The van der Waals surface area contributed by atoms with Crippen LogP contribution in [-0.4, -0.2) is 29.9 Å². The first-order valence-electron chi connectivity index (χ1n) is 10.1. The third-order valence-corrected chi connectivity index (χ3v) is 6.16. The minimum Gasteiger partial charge on any atom is -0.495 e. The number of ether oxygens (including phenoxy) is 1. The number of aromatic nitrogens is 1. The molecule has 4 rings (SSSR count). The maximum Gasteiger partial charge on any atom is 0.246 e. The molecule has 3 aromatic carbocycles. The number of rotatable bonds is 7. The summed E-state index contributed by atoms with van der Waals surface area (Å²) in [5.41, 5.74) is 3.63. The number of anilines is 1. The van der Waals surface area contributed by atoms with Crippen LogP contribution in [-0.2, 0) is 11.3 Å². The van der Waals surface area contributed by atoms with Crippen LogP contribution in [0.25, 0.3) is 10.2 Å². The fourth-order valence-electron chi connectivity index (χ4n) is 3.65. The number of amides is 1. The number of methoxy groups -OCH3 is 1. The summed E-state index contributed by atoms with van der Waals surface area (Å²) < 4.78 is 6.59. The Kier molecular flexibility index (Phi) is 6.30. The van der Waals surface area contributed by atoms with Crippen LogP contribution >= 0.6 is 11.3 Å². The maximum absolute atomic E-state index is 13.5. The molecule has 1 N–H and O–H groups in total. The predicted molar refractivity (Wildman–Crippen MR) is 127 cm³/mol. The van der Waals surface area contributed by atoms with Gasteiger partial charge in [-0.15, -0.1) is 11.3 Å². The van der Waals surface area contributed by atoms with Crippen molar-refractivity contribution in [3.05, 3.63) is 88.9 Å². The first-order valence-corrected chi connectivity index (χ1v) is 10.9. The molecule has 0 aliphatic rings. The van der Waals surface area contributed by atoms with Crippen molar-refractivity contribution in [2.24, 2.45) is 0 Å². The van der Waals surface area contributed by atoms with Crippen LogP contribution in [0, 0.1) is 6.92 Å². The van der Waals surface area contributed by atoms with Crippen molar-refractivity contribution < 1.29 is 9.53 Å². The molecule has 0 fully saturated rings. The van der Waals surface area contributed by atoms with E-state index in [9.17, 15) is 4.79 Å². The second kappa shape index (κ2) is 9.29. The fraction of sp³-hybridized carbons (Fsp3) is 0.200. The summed E-state index contributed by atoms with van der Waals surface area (Å²) in [5.74, 6) is 0.526. The molecule has 1 aromatic heterocycles. The SMILES string of the molecule is COc1ccc(C)cc1NC(=O)C(c1ccccc1)N(C)Cc1nc2ccccc2s1. The molecule has 0 aliphatic carbocycles. The Balaban J connectivity index is 1.62. The zero-order valence-corrected chi connectivity index (χ0v) is 18.6. The number of likely N-dealkylation sites (N-methyl/N-ethyl adjacent to an activating group) is 1. The van der Waals surface area contributed by atoms with Crippen LogP contribution in [0.2, 0.25) is 0 Å². The highest BCUT2D eigenvalue weighted by Crippen LogP contribution is 2.30. The number of nitrogens with zero attached hydrogens (tertiary/aromatic N) is 2. The van der Waals surface area contributed by atoms with E-state index in [-0.39, 0.29) is 5.91 Å². The Morgan fingerprint density at radius 2 is 1.84 bits per heavy atom. The molecule has 0 spiro atoms. The number of nitrogens with one attached hydrogen (secondary N) is 1. The fourth-order valence-corrected chi connectivity index (χ4v) is 4.69. The van der Waals surface area contributed by atoms with Gasteiger partial charge >= 0.3 is 0 Å². The Morgan fingerprint density at radius 3 is 2.58 bits per heavy atom. The van der Waals surface area contributed by atoms with Gasteiger partial charge in [0.1, 0.15) is 16.8 Å². The van der Waals surface area contributed by atoms with Crippen molar-refractivity contribution in [1.29, 1.82) is 0 Å². The van der Waals surface area contributed by atoms with Gasteiger partial charge < -0.3 is 10.1 Å². The molecule has 0 saturated carbocycles. The molecule has 0 radical (unpaired) electrons. The van der Waals surface area contributed by atoms with Crippen molar-refractivity contribution in [1.82, 2.24) is 9.88 Å². The Morgan fingerprint density at radius 1 is 1.10 bits per heavy atom. The van der Waals surface area contributed by atoms with Crippen LogP contribution in [0.1, 0.15) is 22.2 Å². The predicted octanol–water partition coefficient (Wildman–Crippen LogP) is 5.43. The van der Waals surface area contributed by atoms with Gasteiger partial charge in [-0.25, -0.2) is 4.98 Å². The molecule has 1 atom stereocenters. The molecule has 4 aromatic rings. The van der Waals surface area contributed by atoms with Gasteiger partial charge in [-0.3, -0.25) is 9.69 Å². The number of fused-ring (bicyclic) bond motifs is 1. The zero-order valence-electron chi connectivity index (χ0n) is 17.8. The lowest BCUT2D eigenvalue weighted by Crippen LogP contribution is -2.34. The van der Waals surface area contributed by atoms with Gasteiger partial charge in [0.2, 0.25) is 5.91 Å².